The SMILES string of the molecule is COC[C@H]1CN(C(=O)c2ccccn2)Cc2nnn(C)c21. The van der Waals surface area contributed by atoms with Gasteiger partial charge in [-0.15, -0.1) is 5.10 Å². The quantitative estimate of drug-likeness (QED) is 0.826. The van der Waals surface area contributed by atoms with Gasteiger partial charge < -0.3 is 9.64 Å². The third-order valence-electron chi connectivity index (χ3n) is 3.65. The van der Waals surface area contributed by atoms with Crippen molar-refractivity contribution in [1.82, 2.24) is 24.9 Å². The van der Waals surface area contributed by atoms with E-state index < -0.39 is 0 Å². The van der Waals surface area contributed by atoms with Crippen molar-refractivity contribution in [2.45, 2.75) is 12.5 Å². The molecule has 0 unspecified atom stereocenters. The minimum absolute atomic E-state index is 0.0754. The highest BCUT2D eigenvalue weighted by molar-refractivity contribution is 5.92. The Hall–Kier alpha value is -2.28. The second kappa shape index (κ2) is 5.61. The first-order valence-corrected chi connectivity index (χ1v) is 6.78. The number of carbonyl (C=O) groups excluding carboxylic acids is 1. The van der Waals surface area contributed by atoms with E-state index in [9.17, 15) is 4.79 Å². The first-order valence-electron chi connectivity index (χ1n) is 6.78. The molecular formula is C14H17N5O2. The van der Waals surface area contributed by atoms with Crippen LogP contribution >= 0.6 is 0 Å². The fourth-order valence-electron chi connectivity index (χ4n) is 2.76. The Bertz CT molecular complexity index is 640. The molecule has 2 aromatic heterocycles. The summed E-state index contributed by atoms with van der Waals surface area (Å²) in [7, 11) is 3.52. The highest BCUT2D eigenvalue weighted by atomic mass is 16.5. The van der Waals surface area contributed by atoms with Crippen molar-refractivity contribution in [3.05, 3.63) is 41.5 Å². The predicted molar refractivity (Wildman–Crippen MR) is 74.6 cm³/mol. The summed E-state index contributed by atoms with van der Waals surface area (Å²) in [6, 6.07) is 5.33. The lowest BCUT2D eigenvalue weighted by atomic mass is 9.98. The molecule has 21 heavy (non-hydrogen) atoms. The van der Waals surface area contributed by atoms with Crippen molar-refractivity contribution in [3.8, 4) is 0 Å². The van der Waals surface area contributed by atoms with E-state index in [4.69, 9.17) is 4.74 Å². The van der Waals surface area contributed by atoms with Gasteiger partial charge in [-0.3, -0.25) is 14.5 Å². The van der Waals surface area contributed by atoms with Crippen LogP contribution in [0.4, 0.5) is 0 Å². The molecule has 0 aromatic carbocycles. The van der Waals surface area contributed by atoms with Gasteiger partial charge in [-0.2, -0.15) is 0 Å². The van der Waals surface area contributed by atoms with E-state index in [2.05, 4.69) is 15.3 Å². The van der Waals surface area contributed by atoms with E-state index in [1.807, 2.05) is 13.1 Å². The predicted octanol–water partition coefficient (Wildman–Crippen LogP) is 0.596. The molecule has 7 heteroatoms. The summed E-state index contributed by atoms with van der Waals surface area (Å²) in [4.78, 5) is 18.4. The number of fused-ring (bicyclic) bond motifs is 1. The van der Waals surface area contributed by atoms with Gasteiger partial charge in [0.2, 0.25) is 0 Å². The van der Waals surface area contributed by atoms with Crippen LogP contribution in [-0.4, -0.2) is 51.0 Å². The van der Waals surface area contributed by atoms with Crippen LogP contribution in [0, 0.1) is 0 Å². The number of amides is 1. The molecule has 1 atom stereocenters. The molecule has 1 aliphatic heterocycles. The van der Waals surface area contributed by atoms with Gasteiger partial charge >= 0.3 is 0 Å². The van der Waals surface area contributed by atoms with Crippen molar-refractivity contribution < 1.29 is 9.53 Å². The molecule has 3 rings (SSSR count). The number of rotatable bonds is 3. The normalized spacial score (nSPS) is 17.6. The molecular weight excluding hydrogens is 270 g/mol. The van der Waals surface area contributed by atoms with E-state index in [1.165, 1.54) is 0 Å². The maximum atomic E-state index is 12.5. The molecule has 110 valence electrons. The lowest BCUT2D eigenvalue weighted by Crippen LogP contribution is -2.40. The molecule has 0 saturated heterocycles. The Kier molecular flexibility index (Phi) is 3.66. The lowest BCUT2D eigenvalue weighted by molar-refractivity contribution is 0.0667. The van der Waals surface area contributed by atoms with Gasteiger partial charge in [0.05, 0.1) is 18.8 Å². The second-order valence-electron chi connectivity index (χ2n) is 5.10. The third kappa shape index (κ3) is 2.52. The van der Waals surface area contributed by atoms with Crippen LogP contribution < -0.4 is 0 Å². The largest absolute Gasteiger partial charge is 0.384 e. The molecule has 1 amide bonds. The fraction of sp³-hybridized carbons (Fsp3) is 0.429. The van der Waals surface area contributed by atoms with E-state index >= 15 is 0 Å². The second-order valence-corrected chi connectivity index (χ2v) is 5.10. The molecule has 0 aliphatic carbocycles. The summed E-state index contributed by atoms with van der Waals surface area (Å²) in [5, 5.41) is 8.21. The summed E-state index contributed by atoms with van der Waals surface area (Å²) >= 11 is 0. The van der Waals surface area contributed by atoms with Crippen LogP contribution in [0.25, 0.3) is 0 Å². The maximum Gasteiger partial charge on any atom is 0.272 e. The van der Waals surface area contributed by atoms with Gasteiger partial charge in [-0.1, -0.05) is 11.3 Å². The molecule has 0 spiro atoms. The van der Waals surface area contributed by atoms with Crippen molar-refractivity contribution in [3.63, 3.8) is 0 Å². The first kappa shape index (κ1) is 13.7. The zero-order valence-corrected chi connectivity index (χ0v) is 12.1. The molecule has 7 nitrogen and oxygen atoms in total. The smallest absolute Gasteiger partial charge is 0.272 e. The highest BCUT2D eigenvalue weighted by Crippen LogP contribution is 2.27. The zero-order chi connectivity index (χ0) is 14.8. The minimum atomic E-state index is -0.0898. The molecule has 0 bridgehead atoms. The van der Waals surface area contributed by atoms with Gasteiger partial charge in [0.15, 0.2) is 0 Å². The van der Waals surface area contributed by atoms with Crippen LogP contribution in [0.15, 0.2) is 24.4 Å². The molecule has 2 aromatic rings. The van der Waals surface area contributed by atoms with E-state index in [1.54, 1.807) is 35.0 Å². The maximum absolute atomic E-state index is 12.5. The monoisotopic (exact) mass is 287 g/mol. The van der Waals surface area contributed by atoms with Crippen LogP contribution in [0.1, 0.15) is 27.8 Å². The molecule has 0 radical (unpaired) electrons. The number of pyridine rings is 1. The van der Waals surface area contributed by atoms with Crippen molar-refractivity contribution in [2.24, 2.45) is 7.05 Å². The summed E-state index contributed by atoms with van der Waals surface area (Å²) in [6.07, 6.45) is 1.62. The minimum Gasteiger partial charge on any atom is -0.384 e. The topological polar surface area (TPSA) is 73.1 Å². The first-order chi connectivity index (χ1) is 10.2. The summed E-state index contributed by atoms with van der Waals surface area (Å²) in [6.45, 7) is 1.57. The number of nitrogens with zero attached hydrogens (tertiary/aromatic N) is 5. The molecule has 0 N–H and O–H groups in total. The fourth-order valence-corrected chi connectivity index (χ4v) is 2.76. The van der Waals surface area contributed by atoms with Crippen LogP contribution in [0.5, 0.6) is 0 Å². The van der Waals surface area contributed by atoms with Crippen LogP contribution in [-0.2, 0) is 18.3 Å². The average molecular weight is 287 g/mol. The summed E-state index contributed by atoms with van der Waals surface area (Å²) in [5.74, 6) is -0.0144. The van der Waals surface area contributed by atoms with Gasteiger partial charge in [0.25, 0.3) is 5.91 Å². The summed E-state index contributed by atoms with van der Waals surface area (Å²) in [5.41, 5.74) is 2.32. The number of aryl methyl sites for hydroxylation is 1. The van der Waals surface area contributed by atoms with Crippen molar-refractivity contribution in [1.29, 1.82) is 0 Å². The molecule has 3 heterocycles. The van der Waals surface area contributed by atoms with Crippen molar-refractivity contribution >= 4 is 5.91 Å². The Morgan fingerprint density at radius 3 is 3.05 bits per heavy atom. The Balaban J connectivity index is 1.88. The number of methoxy groups -OCH3 is 1. The number of hydrogen-bond acceptors (Lipinski definition) is 5. The van der Waals surface area contributed by atoms with Gasteiger partial charge in [-0.25, -0.2) is 0 Å². The number of hydrogen-bond donors (Lipinski definition) is 0. The van der Waals surface area contributed by atoms with Gasteiger partial charge in [0, 0.05) is 32.8 Å². The third-order valence-corrected chi connectivity index (χ3v) is 3.65. The Labute approximate surface area is 122 Å². The lowest BCUT2D eigenvalue weighted by Gasteiger charge is -2.31. The van der Waals surface area contributed by atoms with Gasteiger partial charge in [-0.05, 0) is 12.1 Å². The Morgan fingerprint density at radius 1 is 1.48 bits per heavy atom. The molecule has 0 fully saturated rings. The standard InChI is InChI=1S/C14H17N5O2/c1-18-13-10(9-21-2)7-19(8-12(13)16-17-18)14(20)11-5-3-4-6-15-11/h3-6,10H,7-9H2,1-2H3/t10-/m1/s1. The number of ether oxygens (including phenoxy) is 1. The van der Waals surface area contributed by atoms with E-state index in [0.29, 0.717) is 25.4 Å². The van der Waals surface area contributed by atoms with Gasteiger partial charge in [0.1, 0.15) is 11.4 Å². The molecule has 0 saturated carbocycles. The van der Waals surface area contributed by atoms with Crippen molar-refractivity contribution in [2.75, 3.05) is 20.3 Å². The number of aromatic nitrogens is 4. The summed E-state index contributed by atoms with van der Waals surface area (Å²) < 4.78 is 7.04. The Morgan fingerprint density at radius 2 is 2.33 bits per heavy atom. The average Bonchev–Trinajstić information content (AvgIpc) is 2.89. The zero-order valence-electron chi connectivity index (χ0n) is 12.1. The van der Waals surface area contributed by atoms with E-state index in [0.717, 1.165) is 11.4 Å². The molecule has 1 aliphatic rings. The highest BCUT2D eigenvalue weighted by Gasteiger charge is 2.32. The van der Waals surface area contributed by atoms with Crippen LogP contribution in [0.2, 0.25) is 0 Å². The van der Waals surface area contributed by atoms with Crippen LogP contribution in [0.3, 0.4) is 0 Å². The van der Waals surface area contributed by atoms with E-state index in [-0.39, 0.29) is 11.8 Å². The number of carbonyl (C=O) groups is 1.